The van der Waals surface area contributed by atoms with Gasteiger partial charge >= 0.3 is 37.9 Å². The van der Waals surface area contributed by atoms with E-state index < -0.39 is 36.0 Å². The molecule has 5 atom stereocenters. The van der Waals surface area contributed by atoms with E-state index in [0.29, 0.717) is 0 Å². The van der Waals surface area contributed by atoms with Gasteiger partial charge in [0.15, 0.2) is 0 Å². The molecule has 3 rings (SSSR count). The van der Waals surface area contributed by atoms with Crippen molar-refractivity contribution in [1.82, 2.24) is 0 Å². The molecule has 0 spiro atoms. The summed E-state index contributed by atoms with van der Waals surface area (Å²) in [5, 5.41) is 0. The minimum absolute atomic E-state index is 0. The summed E-state index contributed by atoms with van der Waals surface area (Å²) in [7, 11) is 7.69. The first-order valence-electron chi connectivity index (χ1n) is 11.8. The van der Waals surface area contributed by atoms with Gasteiger partial charge in [0.05, 0.1) is 0 Å². The Bertz CT molecular complexity index is 445. The summed E-state index contributed by atoms with van der Waals surface area (Å²) in [5.74, 6) is 3.39. The molecule has 29 heavy (non-hydrogen) atoms. The number of hydrogen-bond donors (Lipinski definition) is 0. The molecule has 0 aromatic carbocycles. The van der Waals surface area contributed by atoms with Crippen molar-refractivity contribution in [1.29, 1.82) is 0 Å². The molecule has 5 unspecified atom stereocenters. The van der Waals surface area contributed by atoms with E-state index in [2.05, 4.69) is 33.1 Å². The minimum atomic E-state index is -1.09. The van der Waals surface area contributed by atoms with E-state index in [1.165, 1.54) is 30.3 Å². The van der Waals surface area contributed by atoms with Crippen LogP contribution in [0, 0.1) is 32.6 Å². The Hall–Kier alpha value is 1.90. The van der Waals surface area contributed by atoms with Crippen LogP contribution in [0.25, 0.3) is 0 Å². The second-order valence-electron chi connectivity index (χ2n) is 10.9. The summed E-state index contributed by atoms with van der Waals surface area (Å²) < 4.78 is 0. The van der Waals surface area contributed by atoms with Crippen LogP contribution in [0.15, 0.2) is 0 Å². The Morgan fingerprint density at radius 2 is 1.45 bits per heavy atom. The van der Waals surface area contributed by atoms with E-state index in [1.54, 1.807) is 57.8 Å². The number of halogens is 2. The van der Waals surface area contributed by atoms with E-state index in [1.807, 2.05) is 0 Å². The molecule has 0 aromatic heterocycles. The number of unbranched alkanes of at least 4 members (excludes halogenated alkanes) is 1. The predicted octanol–water partition coefficient (Wildman–Crippen LogP) is 10.1. The number of hydrogen-bond acceptors (Lipinski definition) is 0. The fraction of sp³-hybridized carbons (Fsp3) is 0.917. The predicted molar refractivity (Wildman–Crippen MR) is 139 cm³/mol. The van der Waals surface area contributed by atoms with Crippen molar-refractivity contribution in [2.75, 3.05) is 0 Å². The molecule has 0 heterocycles. The van der Waals surface area contributed by atoms with Gasteiger partial charge < -0.3 is 14.9 Å². The van der Waals surface area contributed by atoms with Gasteiger partial charge in [-0.25, -0.2) is 0 Å². The molecule has 0 amide bonds. The van der Waals surface area contributed by atoms with Crippen LogP contribution in [0.1, 0.15) is 84.0 Å². The molecular formula is C24H50Cl2Si2Zr. The molecule has 0 N–H and O–H groups in total. The van der Waals surface area contributed by atoms with Crippen molar-refractivity contribution in [2.24, 2.45) is 17.8 Å². The molecule has 172 valence electrons. The van der Waals surface area contributed by atoms with Gasteiger partial charge in [0.25, 0.3) is 0 Å². The van der Waals surface area contributed by atoms with Gasteiger partial charge in [0.1, 0.15) is 0 Å². The Labute approximate surface area is 205 Å². The van der Waals surface area contributed by atoms with Crippen LogP contribution in [0.3, 0.4) is 0 Å². The topological polar surface area (TPSA) is 0 Å². The van der Waals surface area contributed by atoms with Gasteiger partial charge in [0, 0.05) is 15.2 Å². The maximum absolute atomic E-state index is 4.93. The Morgan fingerprint density at radius 3 is 2.07 bits per heavy atom. The molecule has 0 aliphatic heterocycles. The Morgan fingerprint density at radius 1 is 0.828 bits per heavy atom. The third-order valence-corrected chi connectivity index (χ3v) is 30.2. The molecule has 0 bridgehead atoms. The second-order valence-corrected chi connectivity index (χ2v) is 30.8. The van der Waals surface area contributed by atoms with E-state index in [-0.39, 0.29) is 14.9 Å². The van der Waals surface area contributed by atoms with Crippen molar-refractivity contribution in [3.63, 3.8) is 0 Å². The number of fused-ring (bicyclic) bond motifs is 1. The molecule has 0 saturated heterocycles. The summed E-state index contributed by atoms with van der Waals surface area (Å²) in [5.41, 5.74) is 2.36. The Kier molecular flexibility index (Phi) is 15.2. The van der Waals surface area contributed by atoms with Crippen LogP contribution in [-0.4, -0.2) is 15.2 Å². The zero-order chi connectivity index (χ0) is 20.1. The molecule has 0 nitrogen and oxygen atoms in total. The number of rotatable bonds is 6. The maximum atomic E-state index is 4.93. The van der Waals surface area contributed by atoms with Gasteiger partial charge in [0.2, 0.25) is 0 Å². The van der Waals surface area contributed by atoms with Crippen LogP contribution < -0.4 is 0 Å². The monoisotopic (exact) mass is 554 g/mol. The van der Waals surface area contributed by atoms with Gasteiger partial charge in [-0.2, -0.15) is 0 Å². The summed E-state index contributed by atoms with van der Waals surface area (Å²) in [6.07, 6.45) is 18.7. The van der Waals surface area contributed by atoms with Crippen LogP contribution in [-0.2, 0) is 20.8 Å². The van der Waals surface area contributed by atoms with Crippen molar-refractivity contribution in [2.45, 2.75) is 121 Å². The average Bonchev–Trinajstić information content (AvgIpc) is 3.28. The first-order chi connectivity index (χ1) is 12.8. The molecule has 3 aliphatic rings. The zero-order valence-electron chi connectivity index (χ0n) is 20.6. The van der Waals surface area contributed by atoms with Gasteiger partial charge in [-0.1, -0.05) is 110 Å². The fourth-order valence-corrected chi connectivity index (χ4v) is 21.2. The molecule has 3 saturated carbocycles. The average molecular weight is 557 g/mol. The van der Waals surface area contributed by atoms with Crippen molar-refractivity contribution in [3.05, 3.63) is 14.9 Å². The quantitative estimate of drug-likeness (QED) is 0.225. The second kappa shape index (κ2) is 14.2. The standard InChI is InChI=1S/C22H44Si2.2CH3.2ClH.Zr/c1-6-7-10-18-13-15-20(17-18)23(2,3)24(4,5)22-16-14-19-11-8-9-12-21(19)22;;;;;/h18-22H,6-17H2,1-5H3;2*1H3;2*1H;/q;2*-1;;;+4/p-2. The van der Waals surface area contributed by atoms with Crippen LogP contribution in [0.2, 0.25) is 37.3 Å². The van der Waals surface area contributed by atoms with Crippen LogP contribution in [0.5, 0.6) is 0 Å². The van der Waals surface area contributed by atoms with E-state index in [4.69, 9.17) is 17.0 Å². The summed E-state index contributed by atoms with van der Waals surface area (Å²) in [4.78, 5) is 0. The van der Waals surface area contributed by atoms with Gasteiger partial charge in [-0.3, -0.25) is 0 Å². The summed E-state index contributed by atoms with van der Waals surface area (Å²) in [6.45, 7) is 13.8. The van der Waals surface area contributed by atoms with Gasteiger partial charge in [-0.05, 0) is 28.8 Å². The summed E-state index contributed by atoms with van der Waals surface area (Å²) in [6, 6.07) is 0. The van der Waals surface area contributed by atoms with Crippen molar-refractivity contribution >= 4 is 32.2 Å². The van der Waals surface area contributed by atoms with Crippen molar-refractivity contribution < 1.29 is 20.8 Å². The van der Waals surface area contributed by atoms with E-state index >= 15 is 0 Å². The first kappa shape index (κ1) is 30.9. The Balaban J connectivity index is 0.00000148. The summed E-state index contributed by atoms with van der Waals surface area (Å²) >= 11 is -0.826. The molecule has 3 fully saturated rings. The third kappa shape index (κ3) is 7.45. The van der Waals surface area contributed by atoms with Crippen molar-refractivity contribution in [3.8, 4) is 0 Å². The molecule has 0 aromatic rings. The third-order valence-electron chi connectivity index (χ3n) is 9.45. The molecule has 5 heteroatoms. The fourth-order valence-electron chi connectivity index (χ4n) is 7.12. The molecular weight excluding hydrogens is 507 g/mol. The van der Waals surface area contributed by atoms with E-state index in [0.717, 1.165) is 17.8 Å². The van der Waals surface area contributed by atoms with Crippen LogP contribution >= 0.6 is 17.0 Å². The molecule has 3 aliphatic carbocycles. The normalized spacial score (nSPS) is 31.5. The molecule has 0 radical (unpaired) electrons. The van der Waals surface area contributed by atoms with E-state index in [9.17, 15) is 0 Å². The zero-order valence-corrected chi connectivity index (χ0v) is 26.6. The van der Waals surface area contributed by atoms with Crippen LogP contribution in [0.4, 0.5) is 0 Å². The SMILES string of the molecule is CCCCC1CCC([Si](C)(C)[Si](C)(C)C2CCC3CCCCC32)C1.[CH3-].[CH3-].[Cl][Zr+2][Cl]. The first-order valence-corrected chi connectivity index (χ1v) is 25.2. The van der Waals surface area contributed by atoms with Gasteiger partial charge in [-0.15, -0.1) is 0 Å².